The molecule has 63 heavy (non-hydrogen) atoms. The summed E-state index contributed by atoms with van der Waals surface area (Å²) in [5.74, 6) is 2.77. The molecule has 1 saturated heterocycles. The lowest BCUT2D eigenvalue weighted by Gasteiger charge is -2.40. The van der Waals surface area contributed by atoms with Crippen LogP contribution in [-0.4, -0.2) is 81.5 Å². The number of pyridine rings is 2. The summed E-state index contributed by atoms with van der Waals surface area (Å²) < 4.78 is 71.1. The number of rotatable bonds is 12. The van der Waals surface area contributed by atoms with E-state index in [0.717, 1.165) is 45.4 Å². The second-order valence-corrected chi connectivity index (χ2v) is 17.0. The fraction of sp³-hybridized carbons (Fsp3) is 0.435. The Bertz CT molecular complexity index is 2510. The van der Waals surface area contributed by atoms with Gasteiger partial charge in [0.05, 0.1) is 56.4 Å². The van der Waals surface area contributed by atoms with Crippen molar-refractivity contribution in [1.82, 2.24) is 24.8 Å². The molecule has 17 heteroatoms. The summed E-state index contributed by atoms with van der Waals surface area (Å²) in [6.45, 7) is 7.68. The molecule has 0 bridgehead atoms. The van der Waals surface area contributed by atoms with Crippen LogP contribution in [0.4, 0.5) is 29.5 Å². The number of anilines is 2. The van der Waals surface area contributed by atoms with Gasteiger partial charge in [0.25, 0.3) is 5.91 Å². The number of benzene rings is 2. The molecule has 1 aliphatic carbocycles. The van der Waals surface area contributed by atoms with Crippen molar-refractivity contribution >= 4 is 34.4 Å². The molecule has 0 spiro atoms. The molecule has 0 radical (unpaired) electrons. The molecule has 2 fully saturated rings. The van der Waals surface area contributed by atoms with Crippen LogP contribution in [-0.2, 0) is 35.8 Å². The second-order valence-electron chi connectivity index (χ2n) is 17.0. The van der Waals surface area contributed by atoms with Crippen LogP contribution in [0, 0.1) is 6.92 Å². The normalized spacial score (nSPS) is 17.6. The van der Waals surface area contributed by atoms with Gasteiger partial charge < -0.3 is 33.9 Å². The van der Waals surface area contributed by atoms with Crippen molar-refractivity contribution in [3.63, 3.8) is 0 Å². The highest BCUT2D eigenvalue weighted by molar-refractivity contribution is 6.06. The molecule has 5 heterocycles. The van der Waals surface area contributed by atoms with Gasteiger partial charge in [-0.25, -0.2) is 24.7 Å². The van der Waals surface area contributed by atoms with Gasteiger partial charge in [-0.3, -0.25) is 9.69 Å². The van der Waals surface area contributed by atoms with E-state index in [1.807, 2.05) is 36.4 Å². The van der Waals surface area contributed by atoms with Crippen molar-refractivity contribution in [2.45, 2.75) is 110 Å². The predicted octanol–water partition coefficient (Wildman–Crippen LogP) is 8.82. The first-order chi connectivity index (χ1) is 30.1. The Kier molecular flexibility index (Phi) is 12.1. The SMILES string of the molecule is COc1ccc(CNc2nc3cc(CN(C(=O)c4cnc(C5CC5)nc4)c4ccc(OC5CCN(C(=O)OC(C)(C)C)C(C(F)(F)F)C5)nc4C)ccc3c3c2COC3)c(OC)c1. The highest BCUT2D eigenvalue weighted by Crippen LogP contribution is 2.39. The Hall–Kier alpha value is -6.23. The lowest BCUT2D eigenvalue weighted by molar-refractivity contribution is -0.194. The minimum atomic E-state index is -4.71. The third-order valence-electron chi connectivity index (χ3n) is 11.3. The summed E-state index contributed by atoms with van der Waals surface area (Å²) >= 11 is 0. The van der Waals surface area contributed by atoms with Crippen LogP contribution in [0.1, 0.15) is 96.5 Å². The van der Waals surface area contributed by atoms with Crippen molar-refractivity contribution in [3.8, 4) is 17.4 Å². The Morgan fingerprint density at radius 1 is 0.937 bits per heavy atom. The summed E-state index contributed by atoms with van der Waals surface area (Å²) in [5.41, 5.74) is 4.59. The van der Waals surface area contributed by atoms with Gasteiger partial charge in [0.1, 0.15) is 40.9 Å². The monoisotopic (exact) mass is 869 g/mol. The molecular formula is C46H50F3N7O7. The quantitative estimate of drug-likeness (QED) is 0.128. The van der Waals surface area contributed by atoms with Gasteiger partial charge in [-0.15, -0.1) is 0 Å². The average molecular weight is 870 g/mol. The lowest BCUT2D eigenvalue weighted by Crippen LogP contribution is -2.56. The Labute approximate surface area is 363 Å². The number of carbonyl (C=O) groups is 2. The molecule has 2 aromatic carbocycles. The summed E-state index contributed by atoms with van der Waals surface area (Å²) in [6.07, 6.45) is -1.88. The smallest absolute Gasteiger partial charge is 0.410 e. The van der Waals surface area contributed by atoms with Crippen molar-refractivity contribution in [1.29, 1.82) is 0 Å². The summed E-state index contributed by atoms with van der Waals surface area (Å²) in [5, 5.41) is 4.42. The standard InChI is InChI=1S/C46H50F3N7O7/c1-26-37(13-14-40(53-26)62-32-15-16-55(39(19-32)46(47,48)49)44(58)63-45(2,3)4)56(43(57)30-21-50-41(51-22-30)28-8-9-28)23-27-7-12-33-34-24-61-25-35(34)42(54-36(33)17-27)52-20-29-10-11-31(59-5)18-38(29)60-6/h7,10-14,17-18,21-22,28,32,39H,8-9,15-16,19-20,23-25H2,1-6H3,(H,52,54). The second kappa shape index (κ2) is 17.5. The topological polar surface area (TPSA) is 150 Å². The maximum absolute atomic E-state index is 14.5. The van der Waals surface area contributed by atoms with Crippen LogP contribution in [0.5, 0.6) is 17.4 Å². The summed E-state index contributed by atoms with van der Waals surface area (Å²) in [4.78, 5) is 48.2. The van der Waals surface area contributed by atoms with Gasteiger partial charge in [0, 0.05) is 72.9 Å². The lowest BCUT2D eigenvalue weighted by atomic mass is 9.99. The van der Waals surface area contributed by atoms with Crippen LogP contribution < -0.4 is 24.4 Å². The van der Waals surface area contributed by atoms with E-state index in [1.165, 1.54) is 12.4 Å². The van der Waals surface area contributed by atoms with Gasteiger partial charge in [-0.05, 0) is 75.9 Å². The van der Waals surface area contributed by atoms with E-state index in [2.05, 4.69) is 20.3 Å². The number of nitrogens with zero attached hydrogens (tertiary/aromatic N) is 6. The number of amides is 2. The highest BCUT2D eigenvalue weighted by Gasteiger charge is 2.50. The summed E-state index contributed by atoms with van der Waals surface area (Å²) in [6, 6.07) is 12.6. The molecular weight excluding hydrogens is 820 g/mol. The van der Waals surface area contributed by atoms with E-state index in [-0.39, 0.29) is 36.9 Å². The van der Waals surface area contributed by atoms with E-state index in [9.17, 15) is 22.8 Å². The minimum absolute atomic E-state index is 0.0932. The zero-order valence-electron chi connectivity index (χ0n) is 36.0. The third-order valence-corrected chi connectivity index (χ3v) is 11.3. The van der Waals surface area contributed by atoms with E-state index < -0.39 is 36.4 Å². The van der Waals surface area contributed by atoms with Gasteiger partial charge in [0.2, 0.25) is 5.88 Å². The molecule has 8 rings (SSSR count). The molecule has 2 amide bonds. The fourth-order valence-corrected chi connectivity index (χ4v) is 7.96. The van der Waals surface area contributed by atoms with Crippen molar-refractivity contribution < 1.29 is 46.4 Å². The summed E-state index contributed by atoms with van der Waals surface area (Å²) in [7, 11) is 3.21. The molecule has 2 unspecified atom stereocenters. The number of fused-ring (bicyclic) bond motifs is 3. The van der Waals surface area contributed by atoms with E-state index in [1.54, 1.807) is 58.9 Å². The number of hydrogen-bond donors (Lipinski definition) is 1. The van der Waals surface area contributed by atoms with Crippen LogP contribution >= 0.6 is 0 Å². The molecule has 3 aromatic heterocycles. The van der Waals surface area contributed by atoms with Gasteiger partial charge in [-0.1, -0.05) is 12.1 Å². The number of aromatic nitrogens is 4. The number of carbonyl (C=O) groups excluding carboxylic acids is 2. The van der Waals surface area contributed by atoms with Crippen LogP contribution in [0.3, 0.4) is 0 Å². The van der Waals surface area contributed by atoms with Crippen LogP contribution in [0.2, 0.25) is 0 Å². The third kappa shape index (κ3) is 9.72. The molecule has 2 aliphatic heterocycles. The van der Waals surface area contributed by atoms with Gasteiger partial charge >= 0.3 is 12.3 Å². The number of halogens is 3. The number of methoxy groups -OCH3 is 2. The number of piperidine rings is 1. The Morgan fingerprint density at radius 2 is 1.70 bits per heavy atom. The molecule has 14 nitrogen and oxygen atoms in total. The first-order valence-corrected chi connectivity index (χ1v) is 20.9. The number of aryl methyl sites for hydroxylation is 1. The molecule has 5 aromatic rings. The van der Waals surface area contributed by atoms with Crippen molar-refractivity contribution in [2.75, 3.05) is 31.0 Å². The van der Waals surface area contributed by atoms with E-state index >= 15 is 0 Å². The molecule has 1 N–H and O–H groups in total. The first-order valence-electron chi connectivity index (χ1n) is 20.9. The van der Waals surface area contributed by atoms with Crippen LogP contribution in [0.15, 0.2) is 60.9 Å². The highest BCUT2D eigenvalue weighted by atomic mass is 19.4. The average Bonchev–Trinajstić information content (AvgIpc) is 3.99. The number of alkyl halides is 3. The Balaban J connectivity index is 1.06. The van der Waals surface area contributed by atoms with Gasteiger partial charge in [-0.2, -0.15) is 13.2 Å². The van der Waals surface area contributed by atoms with E-state index in [4.69, 9.17) is 28.7 Å². The minimum Gasteiger partial charge on any atom is -0.497 e. The van der Waals surface area contributed by atoms with Gasteiger partial charge in [0.15, 0.2) is 0 Å². The molecule has 3 aliphatic rings. The first kappa shape index (κ1) is 43.4. The molecule has 332 valence electrons. The van der Waals surface area contributed by atoms with Crippen molar-refractivity contribution in [3.05, 3.63) is 100 Å². The molecule has 2 atom stereocenters. The fourth-order valence-electron chi connectivity index (χ4n) is 7.96. The number of ether oxygens (including phenoxy) is 5. The number of hydrogen-bond acceptors (Lipinski definition) is 12. The number of nitrogens with one attached hydrogen (secondary N) is 1. The van der Waals surface area contributed by atoms with Crippen molar-refractivity contribution in [2.24, 2.45) is 0 Å². The number of likely N-dealkylation sites (tertiary alicyclic amines) is 1. The largest absolute Gasteiger partial charge is 0.497 e. The molecule has 1 saturated carbocycles. The predicted molar refractivity (Wildman–Crippen MR) is 227 cm³/mol. The Morgan fingerprint density at radius 3 is 2.38 bits per heavy atom. The maximum Gasteiger partial charge on any atom is 0.410 e. The maximum atomic E-state index is 14.5. The van der Waals surface area contributed by atoms with E-state index in [0.29, 0.717) is 65.7 Å². The zero-order chi connectivity index (χ0) is 44.6. The zero-order valence-corrected chi connectivity index (χ0v) is 36.0. The van der Waals surface area contributed by atoms with Crippen LogP contribution in [0.25, 0.3) is 10.9 Å².